The first-order valence-corrected chi connectivity index (χ1v) is 5.07. The molecule has 1 aliphatic carbocycles. The Morgan fingerprint density at radius 2 is 2.29 bits per heavy atom. The molecule has 2 heteroatoms. The Balaban J connectivity index is 2.45. The molecule has 2 nitrogen and oxygen atoms in total. The van der Waals surface area contributed by atoms with Crippen molar-refractivity contribution in [3.8, 4) is 0 Å². The Morgan fingerprint density at radius 1 is 1.50 bits per heavy atom. The van der Waals surface area contributed by atoms with E-state index in [0.717, 1.165) is 12.0 Å². The SMILES string of the molecule is Cc1cccc2c1C(CCN)CC2=O. The zero-order valence-corrected chi connectivity index (χ0v) is 8.42. The Labute approximate surface area is 84.1 Å². The van der Waals surface area contributed by atoms with Crippen molar-refractivity contribution in [3.63, 3.8) is 0 Å². The minimum absolute atomic E-state index is 0.280. The van der Waals surface area contributed by atoms with E-state index < -0.39 is 0 Å². The van der Waals surface area contributed by atoms with Gasteiger partial charge in [0.15, 0.2) is 5.78 Å². The van der Waals surface area contributed by atoms with Crippen LogP contribution in [0.5, 0.6) is 0 Å². The summed E-state index contributed by atoms with van der Waals surface area (Å²) in [5, 5.41) is 0. The fraction of sp³-hybridized carbons (Fsp3) is 0.417. The van der Waals surface area contributed by atoms with Crippen LogP contribution in [0, 0.1) is 6.92 Å². The standard InChI is InChI=1S/C12H15NO/c1-8-3-2-4-10-11(14)7-9(5-6-13)12(8)10/h2-4,9H,5-7,13H2,1H3. The molecule has 74 valence electrons. The lowest BCUT2D eigenvalue weighted by molar-refractivity contribution is 0.0988. The summed E-state index contributed by atoms with van der Waals surface area (Å²) in [5.74, 6) is 0.644. The van der Waals surface area contributed by atoms with Crippen molar-refractivity contribution in [2.24, 2.45) is 5.73 Å². The average molecular weight is 189 g/mol. The van der Waals surface area contributed by atoms with Crippen LogP contribution in [0.1, 0.15) is 40.2 Å². The molecule has 0 radical (unpaired) electrons. The van der Waals surface area contributed by atoms with E-state index >= 15 is 0 Å². The first-order chi connectivity index (χ1) is 6.74. The van der Waals surface area contributed by atoms with Crippen LogP contribution < -0.4 is 5.73 Å². The van der Waals surface area contributed by atoms with E-state index in [-0.39, 0.29) is 5.78 Å². The molecule has 1 unspecified atom stereocenters. The molecule has 14 heavy (non-hydrogen) atoms. The summed E-state index contributed by atoms with van der Waals surface area (Å²) in [6, 6.07) is 5.96. The van der Waals surface area contributed by atoms with Crippen molar-refractivity contribution < 1.29 is 4.79 Å². The molecule has 0 saturated carbocycles. The number of carbonyl (C=O) groups is 1. The third-order valence-electron chi connectivity index (χ3n) is 2.98. The van der Waals surface area contributed by atoms with Crippen molar-refractivity contribution in [1.82, 2.24) is 0 Å². The highest BCUT2D eigenvalue weighted by atomic mass is 16.1. The minimum Gasteiger partial charge on any atom is -0.330 e. The Bertz CT molecular complexity index is 371. The van der Waals surface area contributed by atoms with Crippen molar-refractivity contribution in [3.05, 3.63) is 34.9 Å². The summed E-state index contributed by atoms with van der Waals surface area (Å²) in [6.45, 7) is 2.73. The van der Waals surface area contributed by atoms with Gasteiger partial charge in [-0.1, -0.05) is 18.2 Å². The highest BCUT2D eigenvalue weighted by Gasteiger charge is 2.29. The number of Topliss-reactive ketones (excluding diaryl/α,β-unsaturated/α-hetero) is 1. The smallest absolute Gasteiger partial charge is 0.163 e. The molecule has 0 spiro atoms. The molecular formula is C12H15NO. The number of nitrogens with two attached hydrogens (primary N) is 1. The number of benzene rings is 1. The number of rotatable bonds is 2. The Morgan fingerprint density at radius 3 is 3.00 bits per heavy atom. The van der Waals surface area contributed by atoms with Crippen molar-refractivity contribution >= 4 is 5.78 Å². The van der Waals surface area contributed by atoms with E-state index in [1.54, 1.807) is 0 Å². The molecule has 0 aromatic heterocycles. The first kappa shape index (κ1) is 9.41. The van der Waals surface area contributed by atoms with E-state index in [4.69, 9.17) is 5.73 Å². The van der Waals surface area contributed by atoms with E-state index in [1.165, 1.54) is 11.1 Å². The van der Waals surface area contributed by atoms with E-state index in [2.05, 4.69) is 13.0 Å². The lowest BCUT2D eigenvalue weighted by Gasteiger charge is -2.11. The van der Waals surface area contributed by atoms with Gasteiger partial charge in [0.25, 0.3) is 0 Å². The maximum Gasteiger partial charge on any atom is 0.163 e. The Hall–Kier alpha value is -1.15. The number of ketones is 1. The lowest BCUT2D eigenvalue weighted by Crippen LogP contribution is -2.05. The van der Waals surface area contributed by atoms with Crippen LogP contribution in [0.15, 0.2) is 18.2 Å². The molecule has 2 N–H and O–H groups in total. The molecule has 0 saturated heterocycles. The number of hydrogen-bond donors (Lipinski definition) is 1. The Kier molecular flexibility index (Phi) is 2.38. The third-order valence-corrected chi connectivity index (χ3v) is 2.98. The van der Waals surface area contributed by atoms with E-state index in [1.807, 2.05) is 12.1 Å². The molecule has 0 amide bonds. The summed E-state index contributed by atoms with van der Waals surface area (Å²) in [7, 11) is 0. The highest BCUT2D eigenvalue weighted by Crippen LogP contribution is 2.36. The van der Waals surface area contributed by atoms with Crippen LogP contribution in [-0.4, -0.2) is 12.3 Å². The first-order valence-electron chi connectivity index (χ1n) is 5.07. The molecule has 0 aliphatic heterocycles. The van der Waals surface area contributed by atoms with Gasteiger partial charge in [-0.05, 0) is 36.9 Å². The highest BCUT2D eigenvalue weighted by molar-refractivity contribution is 6.01. The van der Waals surface area contributed by atoms with E-state index in [0.29, 0.717) is 18.9 Å². The van der Waals surface area contributed by atoms with Gasteiger partial charge in [0, 0.05) is 12.0 Å². The molecule has 0 bridgehead atoms. The van der Waals surface area contributed by atoms with Crippen LogP contribution in [0.25, 0.3) is 0 Å². The number of aryl methyl sites for hydroxylation is 1. The van der Waals surface area contributed by atoms with Crippen LogP contribution in [0.4, 0.5) is 0 Å². The predicted octanol–water partition coefficient (Wildman–Crippen LogP) is 2.01. The summed E-state index contributed by atoms with van der Waals surface area (Å²) in [4.78, 5) is 11.7. The van der Waals surface area contributed by atoms with Crippen LogP contribution >= 0.6 is 0 Å². The summed E-state index contributed by atoms with van der Waals surface area (Å²) in [5.41, 5.74) is 8.94. The van der Waals surface area contributed by atoms with Gasteiger partial charge in [-0.15, -0.1) is 0 Å². The zero-order chi connectivity index (χ0) is 10.1. The van der Waals surface area contributed by atoms with E-state index in [9.17, 15) is 4.79 Å². The van der Waals surface area contributed by atoms with Gasteiger partial charge in [-0.25, -0.2) is 0 Å². The molecule has 0 fully saturated rings. The molecule has 2 rings (SSSR count). The molecule has 1 atom stereocenters. The quantitative estimate of drug-likeness (QED) is 0.773. The second kappa shape index (κ2) is 3.54. The number of hydrogen-bond acceptors (Lipinski definition) is 2. The largest absolute Gasteiger partial charge is 0.330 e. The molecule has 0 heterocycles. The molecule has 1 aromatic carbocycles. The zero-order valence-electron chi connectivity index (χ0n) is 8.42. The molecular weight excluding hydrogens is 174 g/mol. The maximum atomic E-state index is 11.7. The molecule has 1 aliphatic rings. The predicted molar refractivity (Wildman–Crippen MR) is 56.5 cm³/mol. The van der Waals surface area contributed by atoms with Gasteiger partial charge in [0.1, 0.15) is 0 Å². The van der Waals surface area contributed by atoms with Crippen molar-refractivity contribution in [2.45, 2.75) is 25.7 Å². The second-order valence-corrected chi connectivity index (χ2v) is 3.94. The maximum absolute atomic E-state index is 11.7. The minimum atomic E-state index is 0.280. The van der Waals surface area contributed by atoms with Gasteiger partial charge in [0.05, 0.1) is 0 Å². The van der Waals surface area contributed by atoms with Gasteiger partial charge < -0.3 is 5.73 Å². The number of fused-ring (bicyclic) bond motifs is 1. The average Bonchev–Trinajstić information content (AvgIpc) is 2.46. The van der Waals surface area contributed by atoms with Crippen LogP contribution in [0.3, 0.4) is 0 Å². The van der Waals surface area contributed by atoms with Gasteiger partial charge in [-0.2, -0.15) is 0 Å². The van der Waals surface area contributed by atoms with Crippen LogP contribution in [-0.2, 0) is 0 Å². The lowest BCUT2D eigenvalue weighted by atomic mass is 9.94. The number of carbonyl (C=O) groups excluding carboxylic acids is 1. The molecule has 1 aromatic rings. The van der Waals surface area contributed by atoms with Crippen LogP contribution in [0.2, 0.25) is 0 Å². The van der Waals surface area contributed by atoms with Gasteiger partial charge in [-0.3, -0.25) is 4.79 Å². The summed E-state index contributed by atoms with van der Waals surface area (Å²) in [6.07, 6.45) is 1.57. The topological polar surface area (TPSA) is 43.1 Å². The normalized spacial score (nSPS) is 19.9. The van der Waals surface area contributed by atoms with Gasteiger partial charge >= 0.3 is 0 Å². The van der Waals surface area contributed by atoms with Gasteiger partial charge in [0.2, 0.25) is 0 Å². The van der Waals surface area contributed by atoms with Crippen molar-refractivity contribution in [2.75, 3.05) is 6.54 Å². The summed E-state index contributed by atoms with van der Waals surface area (Å²) < 4.78 is 0. The fourth-order valence-electron chi connectivity index (χ4n) is 2.35. The second-order valence-electron chi connectivity index (χ2n) is 3.94. The summed E-state index contributed by atoms with van der Waals surface area (Å²) >= 11 is 0. The monoisotopic (exact) mass is 189 g/mol. The fourth-order valence-corrected chi connectivity index (χ4v) is 2.35. The third kappa shape index (κ3) is 1.36. The van der Waals surface area contributed by atoms with Crippen molar-refractivity contribution in [1.29, 1.82) is 0 Å².